The molecule has 0 bridgehead atoms. The van der Waals surface area contributed by atoms with Crippen LogP contribution in [0.1, 0.15) is 25.8 Å². The van der Waals surface area contributed by atoms with E-state index in [0.29, 0.717) is 5.02 Å². The predicted octanol–water partition coefficient (Wildman–Crippen LogP) is 3.34. The third-order valence-electron chi connectivity index (χ3n) is 2.62. The van der Waals surface area contributed by atoms with Crippen molar-refractivity contribution in [3.8, 4) is 0 Å². The second-order valence-corrected chi connectivity index (χ2v) is 4.72. The van der Waals surface area contributed by atoms with Crippen molar-refractivity contribution in [1.29, 1.82) is 0 Å². The van der Waals surface area contributed by atoms with Crippen molar-refractivity contribution >= 4 is 23.6 Å². The normalized spacial score (nSPS) is 12.8. The third kappa shape index (κ3) is 5.01. The number of rotatable bonds is 6. The average Bonchev–Trinajstić information content (AvgIpc) is 2.40. The fourth-order valence-electron chi connectivity index (χ4n) is 1.58. The van der Waals surface area contributed by atoms with Crippen molar-refractivity contribution in [1.82, 2.24) is 0 Å². The lowest BCUT2D eigenvalue weighted by atomic mass is 10.0. The molecule has 20 heavy (non-hydrogen) atoms. The number of carbonyl (C=O) groups is 1. The molecule has 6 heteroatoms. The van der Waals surface area contributed by atoms with Crippen LogP contribution in [0.5, 0.6) is 0 Å². The van der Waals surface area contributed by atoms with Crippen molar-refractivity contribution in [2.75, 3.05) is 6.61 Å². The van der Waals surface area contributed by atoms with Gasteiger partial charge in [0.15, 0.2) is 0 Å². The molecular formula is C14H16ClNO4. The molecule has 0 spiro atoms. The van der Waals surface area contributed by atoms with Gasteiger partial charge < -0.3 is 4.74 Å². The lowest BCUT2D eigenvalue weighted by Crippen LogP contribution is -2.19. The van der Waals surface area contributed by atoms with Gasteiger partial charge in [-0.05, 0) is 30.7 Å². The molecule has 1 aromatic rings. The van der Waals surface area contributed by atoms with Crippen LogP contribution in [-0.2, 0) is 9.53 Å². The SMILES string of the molecule is CCOC(=O)/C(=C\c1ccc(Cl)cc1)C[C@H](C)[N+](=O)[O-]. The summed E-state index contributed by atoms with van der Waals surface area (Å²) in [5.74, 6) is -0.531. The number of nitrogens with zero attached hydrogens (tertiary/aromatic N) is 1. The van der Waals surface area contributed by atoms with Gasteiger partial charge in [0.25, 0.3) is 0 Å². The largest absolute Gasteiger partial charge is 0.463 e. The molecule has 0 fully saturated rings. The van der Waals surface area contributed by atoms with Gasteiger partial charge in [0.05, 0.1) is 6.61 Å². The maximum absolute atomic E-state index is 11.8. The highest BCUT2D eigenvalue weighted by Crippen LogP contribution is 2.17. The zero-order chi connectivity index (χ0) is 15.1. The molecule has 5 nitrogen and oxygen atoms in total. The second kappa shape index (κ2) is 7.65. The molecule has 0 heterocycles. The molecule has 0 radical (unpaired) electrons. The Morgan fingerprint density at radius 1 is 1.45 bits per heavy atom. The number of hydrogen-bond acceptors (Lipinski definition) is 4. The molecule has 0 saturated carbocycles. The first-order valence-corrected chi connectivity index (χ1v) is 6.58. The molecule has 0 aromatic heterocycles. The number of nitro groups is 1. The molecule has 0 aliphatic heterocycles. The summed E-state index contributed by atoms with van der Waals surface area (Å²) in [5, 5.41) is 11.3. The van der Waals surface area contributed by atoms with Gasteiger partial charge in [-0.2, -0.15) is 0 Å². The molecule has 1 aromatic carbocycles. The van der Waals surface area contributed by atoms with Crippen LogP contribution in [0.15, 0.2) is 29.8 Å². The van der Waals surface area contributed by atoms with Crippen LogP contribution >= 0.6 is 11.6 Å². The molecule has 0 amide bonds. The van der Waals surface area contributed by atoms with Gasteiger partial charge in [-0.1, -0.05) is 23.7 Å². The van der Waals surface area contributed by atoms with Gasteiger partial charge in [-0.3, -0.25) is 10.1 Å². The number of esters is 1. The highest BCUT2D eigenvalue weighted by atomic mass is 35.5. The fraction of sp³-hybridized carbons (Fsp3) is 0.357. The van der Waals surface area contributed by atoms with E-state index < -0.39 is 16.9 Å². The third-order valence-corrected chi connectivity index (χ3v) is 2.88. The quantitative estimate of drug-likeness (QED) is 0.349. The Balaban J connectivity index is 2.99. The van der Waals surface area contributed by atoms with Gasteiger partial charge in [0, 0.05) is 28.9 Å². The van der Waals surface area contributed by atoms with Crippen LogP contribution < -0.4 is 0 Å². The molecule has 0 saturated heterocycles. The smallest absolute Gasteiger partial charge is 0.334 e. The van der Waals surface area contributed by atoms with Gasteiger partial charge >= 0.3 is 5.97 Å². The molecule has 0 aliphatic carbocycles. The minimum atomic E-state index is -0.849. The first-order chi connectivity index (χ1) is 9.43. The maximum Gasteiger partial charge on any atom is 0.334 e. The zero-order valence-electron chi connectivity index (χ0n) is 11.3. The van der Waals surface area contributed by atoms with Crippen LogP contribution in [0.4, 0.5) is 0 Å². The Morgan fingerprint density at radius 3 is 2.55 bits per heavy atom. The molecule has 108 valence electrons. The minimum Gasteiger partial charge on any atom is -0.463 e. The van der Waals surface area contributed by atoms with E-state index in [1.54, 1.807) is 37.3 Å². The standard InChI is InChI=1S/C14H16ClNO4/c1-3-20-14(17)12(8-10(2)16(18)19)9-11-4-6-13(15)7-5-11/h4-7,9-10H,3,8H2,1-2H3/b12-9-/t10-/m0/s1. The number of carbonyl (C=O) groups excluding carboxylic acids is 1. The monoisotopic (exact) mass is 297 g/mol. The van der Waals surface area contributed by atoms with Crippen molar-refractivity contribution in [3.63, 3.8) is 0 Å². The minimum absolute atomic E-state index is 0.0223. The van der Waals surface area contributed by atoms with Crippen molar-refractivity contribution in [2.45, 2.75) is 26.3 Å². The molecule has 1 rings (SSSR count). The van der Waals surface area contributed by atoms with Crippen LogP contribution in [0.2, 0.25) is 5.02 Å². The molecule has 0 aliphatic rings. The van der Waals surface area contributed by atoms with E-state index in [0.717, 1.165) is 5.56 Å². The predicted molar refractivity (Wildman–Crippen MR) is 77.1 cm³/mol. The van der Waals surface area contributed by atoms with Crippen LogP contribution in [0.25, 0.3) is 6.08 Å². The number of ether oxygens (including phenoxy) is 1. The highest BCUT2D eigenvalue weighted by Gasteiger charge is 2.21. The van der Waals surface area contributed by atoms with E-state index in [2.05, 4.69) is 0 Å². The first-order valence-electron chi connectivity index (χ1n) is 6.20. The van der Waals surface area contributed by atoms with Crippen molar-refractivity contribution < 1.29 is 14.5 Å². The molecular weight excluding hydrogens is 282 g/mol. The van der Waals surface area contributed by atoms with Crippen molar-refractivity contribution in [3.05, 3.63) is 50.5 Å². The molecule has 0 N–H and O–H groups in total. The topological polar surface area (TPSA) is 69.4 Å². The van der Waals surface area contributed by atoms with Gasteiger partial charge in [0.2, 0.25) is 6.04 Å². The Bertz CT molecular complexity index is 510. The van der Waals surface area contributed by atoms with E-state index in [-0.39, 0.29) is 18.6 Å². The van der Waals surface area contributed by atoms with E-state index in [4.69, 9.17) is 16.3 Å². The summed E-state index contributed by atoms with van der Waals surface area (Å²) in [5.41, 5.74) is 1.02. The van der Waals surface area contributed by atoms with Crippen molar-refractivity contribution in [2.24, 2.45) is 0 Å². The summed E-state index contributed by atoms with van der Waals surface area (Å²) < 4.78 is 4.92. The van der Waals surface area contributed by atoms with Gasteiger partial charge in [-0.15, -0.1) is 0 Å². The maximum atomic E-state index is 11.8. The molecule has 0 unspecified atom stereocenters. The Kier molecular flexibility index (Phi) is 6.18. The summed E-state index contributed by atoms with van der Waals surface area (Å²) in [6, 6.07) is 6.00. The van der Waals surface area contributed by atoms with Gasteiger partial charge in [-0.25, -0.2) is 4.79 Å². The molecule has 1 atom stereocenters. The Hall–Kier alpha value is -1.88. The van der Waals surface area contributed by atoms with Crippen LogP contribution in [0, 0.1) is 10.1 Å². The van der Waals surface area contributed by atoms with E-state index in [1.807, 2.05) is 0 Å². The lowest BCUT2D eigenvalue weighted by molar-refractivity contribution is -0.517. The summed E-state index contributed by atoms with van der Waals surface area (Å²) in [7, 11) is 0. The lowest BCUT2D eigenvalue weighted by Gasteiger charge is -2.08. The number of hydrogen-bond donors (Lipinski definition) is 0. The van der Waals surface area contributed by atoms with Crippen LogP contribution in [-0.4, -0.2) is 23.5 Å². The van der Waals surface area contributed by atoms with E-state index in [1.165, 1.54) is 6.92 Å². The summed E-state index contributed by atoms with van der Waals surface area (Å²) in [6.07, 6.45) is 1.61. The van der Waals surface area contributed by atoms with E-state index in [9.17, 15) is 14.9 Å². The highest BCUT2D eigenvalue weighted by molar-refractivity contribution is 6.30. The number of halogens is 1. The van der Waals surface area contributed by atoms with E-state index >= 15 is 0 Å². The summed E-state index contributed by atoms with van der Waals surface area (Å²) >= 11 is 5.78. The summed E-state index contributed by atoms with van der Waals surface area (Å²) in [6.45, 7) is 3.37. The Labute approximate surface area is 122 Å². The second-order valence-electron chi connectivity index (χ2n) is 4.28. The first kappa shape index (κ1) is 16.2. The zero-order valence-corrected chi connectivity index (χ0v) is 12.1. The van der Waals surface area contributed by atoms with Gasteiger partial charge in [0.1, 0.15) is 0 Å². The van der Waals surface area contributed by atoms with Crippen LogP contribution in [0.3, 0.4) is 0 Å². The Morgan fingerprint density at radius 2 is 2.05 bits per heavy atom. The fourth-order valence-corrected chi connectivity index (χ4v) is 1.70. The number of benzene rings is 1. The average molecular weight is 298 g/mol. The summed E-state index contributed by atoms with van der Waals surface area (Å²) in [4.78, 5) is 22.1.